The number of benzene rings is 2. The number of nitrogens with one attached hydrogen (secondary N) is 1. The Balaban J connectivity index is 1.83. The molecule has 28 heavy (non-hydrogen) atoms. The minimum Gasteiger partial charge on any atom is -0.491 e. The van der Waals surface area contributed by atoms with Gasteiger partial charge in [-0.2, -0.15) is 10.1 Å². The van der Waals surface area contributed by atoms with E-state index in [-0.39, 0.29) is 15.7 Å². The second-order valence-electron chi connectivity index (χ2n) is 5.27. The average Bonchev–Trinajstić information content (AvgIpc) is 3.03. The van der Waals surface area contributed by atoms with Gasteiger partial charge in [0.05, 0.1) is 11.4 Å². The van der Waals surface area contributed by atoms with Gasteiger partial charge in [0.15, 0.2) is 10.7 Å². The Morgan fingerprint density at radius 1 is 1.04 bits per heavy atom. The van der Waals surface area contributed by atoms with E-state index in [4.69, 9.17) is 28.9 Å². The van der Waals surface area contributed by atoms with Crippen molar-refractivity contribution in [2.45, 2.75) is 0 Å². The Kier molecular flexibility index (Phi) is 6.19. The molecule has 0 unspecified atom stereocenters. The summed E-state index contributed by atoms with van der Waals surface area (Å²) in [6.45, 7) is 0. The van der Waals surface area contributed by atoms with Crippen molar-refractivity contribution in [3.05, 3.63) is 63.6 Å². The zero-order valence-electron chi connectivity index (χ0n) is 14.0. The molecule has 11 heteroatoms. The number of rotatable bonds is 6. The maximum Gasteiger partial charge on any atom is 0.272 e. The summed E-state index contributed by atoms with van der Waals surface area (Å²) < 4.78 is 0. The topological polar surface area (TPSA) is 125 Å². The van der Waals surface area contributed by atoms with E-state index >= 15 is 0 Å². The summed E-state index contributed by atoms with van der Waals surface area (Å²) in [5.41, 5.74) is 9.03. The van der Waals surface area contributed by atoms with E-state index in [1.54, 1.807) is 48.5 Å². The quantitative estimate of drug-likeness (QED) is 0.290. The third-order valence-corrected chi connectivity index (χ3v) is 4.69. The molecule has 0 atom stereocenters. The zero-order chi connectivity index (χ0) is 20.1. The predicted molar refractivity (Wildman–Crippen MR) is 110 cm³/mol. The number of anilines is 1. The lowest BCUT2D eigenvalue weighted by Gasteiger charge is -2.02. The van der Waals surface area contributed by atoms with Gasteiger partial charge >= 0.3 is 0 Å². The number of aromatic nitrogens is 1. The number of carbonyl (C=O) groups is 1. The monoisotopic (exact) mass is 434 g/mol. The SMILES string of the molecule is NC(=O)/C(=N\Nc1ccc(Cl)cc1)c1nc(O)c(N=Nc2ccc(Cl)cc2)s1. The van der Waals surface area contributed by atoms with E-state index in [0.29, 0.717) is 21.4 Å². The lowest BCUT2D eigenvalue weighted by Crippen LogP contribution is -2.25. The van der Waals surface area contributed by atoms with E-state index in [9.17, 15) is 9.90 Å². The van der Waals surface area contributed by atoms with Crippen LogP contribution in [0, 0.1) is 0 Å². The van der Waals surface area contributed by atoms with Crippen molar-refractivity contribution in [1.29, 1.82) is 0 Å². The number of halogens is 2. The largest absolute Gasteiger partial charge is 0.491 e. The van der Waals surface area contributed by atoms with Gasteiger partial charge in [-0.3, -0.25) is 10.2 Å². The highest BCUT2D eigenvalue weighted by molar-refractivity contribution is 7.18. The van der Waals surface area contributed by atoms with Crippen molar-refractivity contribution in [3.8, 4) is 5.88 Å². The molecule has 4 N–H and O–H groups in total. The molecular formula is C17H12Cl2N6O2S. The lowest BCUT2D eigenvalue weighted by molar-refractivity contribution is -0.111. The van der Waals surface area contributed by atoms with Crippen molar-refractivity contribution in [2.24, 2.45) is 21.1 Å². The second kappa shape index (κ2) is 8.79. The van der Waals surface area contributed by atoms with E-state index in [0.717, 1.165) is 11.3 Å². The number of azo groups is 1. The van der Waals surface area contributed by atoms with Crippen LogP contribution in [0.2, 0.25) is 10.0 Å². The van der Waals surface area contributed by atoms with Crippen molar-refractivity contribution < 1.29 is 9.90 Å². The van der Waals surface area contributed by atoms with Crippen LogP contribution in [0.4, 0.5) is 16.4 Å². The molecule has 0 aliphatic carbocycles. The molecule has 0 saturated heterocycles. The number of thiazole rings is 1. The zero-order valence-corrected chi connectivity index (χ0v) is 16.3. The third-order valence-electron chi connectivity index (χ3n) is 3.25. The highest BCUT2D eigenvalue weighted by atomic mass is 35.5. The summed E-state index contributed by atoms with van der Waals surface area (Å²) in [6, 6.07) is 13.3. The average molecular weight is 435 g/mol. The van der Waals surface area contributed by atoms with Crippen molar-refractivity contribution >= 4 is 62.5 Å². The number of nitrogens with zero attached hydrogens (tertiary/aromatic N) is 4. The molecule has 1 aromatic heterocycles. The molecule has 0 bridgehead atoms. The molecule has 8 nitrogen and oxygen atoms in total. The van der Waals surface area contributed by atoms with Gasteiger partial charge in [0.25, 0.3) is 11.8 Å². The van der Waals surface area contributed by atoms with Gasteiger partial charge in [0, 0.05) is 10.0 Å². The summed E-state index contributed by atoms with van der Waals surface area (Å²) in [5, 5.41) is 23.2. The summed E-state index contributed by atoms with van der Waals surface area (Å²) in [7, 11) is 0. The molecule has 1 amide bonds. The molecule has 1 heterocycles. The molecule has 0 saturated carbocycles. The summed E-state index contributed by atoms with van der Waals surface area (Å²) in [4.78, 5) is 15.6. The highest BCUT2D eigenvalue weighted by Gasteiger charge is 2.19. The molecule has 142 valence electrons. The van der Waals surface area contributed by atoms with Crippen LogP contribution in [0.3, 0.4) is 0 Å². The summed E-state index contributed by atoms with van der Waals surface area (Å²) >= 11 is 12.6. The van der Waals surface area contributed by atoms with Gasteiger partial charge < -0.3 is 10.8 Å². The van der Waals surface area contributed by atoms with E-state index < -0.39 is 11.8 Å². The summed E-state index contributed by atoms with van der Waals surface area (Å²) in [5.74, 6) is -1.21. The summed E-state index contributed by atoms with van der Waals surface area (Å²) in [6.07, 6.45) is 0. The fourth-order valence-electron chi connectivity index (χ4n) is 1.93. The fraction of sp³-hybridized carbons (Fsp3) is 0. The smallest absolute Gasteiger partial charge is 0.272 e. The van der Waals surface area contributed by atoms with Crippen LogP contribution in [0.1, 0.15) is 5.01 Å². The number of hydrogen-bond donors (Lipinski definition) is 3. The number of hydrazone groups is 1. The molecule has 3 aromatic rings. The number of primary amides is 1. The minimum absolute atomic E-state index is 0.0940. The molecule has 0 aliphatic rings. The van der Waals surface area contributed by atoms with Crippen molar-refractivity contribution in [2.75, 3.05) is 5.43 Å². The Labute approximate surface area is 173 Å². The van der Waals surface area contributed by atoms with E-state index in [2.05, 4.69) is 25.7 Å². The normalized spacial score (nSPS) is 11.7. The Morgan fingerprint density at radius 3 is 2.25 bits per heavy atom. The fourth-order valence-corrected chi connectivity index (χ4v) is 2.96. The number of nitrogens with two attached hydrogens (primary N) is 1. The Morgan fingerprint density at radius 2 is 1.64 bits per heavy atom. The molecule has 0 fully saturated rings. The van der Waals surface area contributed by atoms with Gasteiger partial charge in [0.2, 0.25) is 5.00 Å². The first-order valence-corrected chi connectivity index (χ1v) is 9.26. The lowest BCUT2D eigenvalue weighted by atomic mass is 10.3. The van der Waals surface area contributed by atoms with Crippen molar-refractivity contribution in [3.63, 3.8) is 0 Å². The number of aromatic hydroxyl groups is 1. The van der Waals surface area contributed by atoms with Gasteiger partial charge in [-0.25, -0.2) is 0 Å². The number of amides is 1. The van der Waals surface area contributed by atoms with Crippen LogP contribution in [-0.4, -0.2) is 21.7 Å². The molecule has 0 aliphatic heterocycles. The second-order valence-corrected chi connectivity index (χ2v) is 7.12. The number of carbonyl (C=O) groups excluding carboxylic acids is 1. The first-order valence-electron chi connectivity index (χ1n) is 7.69. The van der Waals surface area contributed by atoms with Gasteiger partial charge in [-0.15, -0.1) is 10.2 Å². The van der Waals surface area contributed by atoms with Crippen LogP contribution in [0.25, 0.3) is 0 Å². The molecule has 3 rings (SSSR count). The van der Waals surface area contributed by atoms with Crippen LogP contribution in [0.15, 0.2) is 63.9 Å². The first-order chi connectivity index (χ1) is 13.4. The Hall–Kier alpha value is -3.01. The molecule has 2 aromatic carbocycles. The van der Waals surface area contributed by atoms with Crippen molar-refractivity contribution in [1.82, 2.24) is 4.98 Å². The van der Waals surface area contributed by atoms with E-state index in [1.165, 1.54) is 0 Å². The van der Waals surface area contributed by atoms with Crippen LogP contribution in [0.5, 0.6) is 5.88 Å². The van der Waals surface area contributed by atoms with Gasteiger partial charge in [-0.1, -0.05) is 34.5 Å². The van der Waals surface area contributed by atoms with Crippen LogP contribution >= 0.6 is 34.5 Å². The number of hydrogen-bond acceptors (Lipinski definition) is 8. The minimum atomic E-state index is -0.823. The molecule has 0 spiro atoms. The maximum atomic E-state index is 11.8. The molecular weight excluding hydrogens is 423 g/mol. The van der Waals surface area contributed by atoms with E-state index in [1.807, 2.05) is 0 Å². The first kappa shape index (κ1) is 19.7. The van der Waals surface area contributed by atoms with Gasteiger partial charge in [0.1, 0.15) is 0 Å². The maximum absolute atomic E-state index is 11.8. The standard InChI is InChI=1S/C17H12Cl2N6O2S/c18-9-1-5-11(6-2-9)22-24-13(14(20)26)16-21-15(27)17(28-16)25-23-12-7-3-10(19)4-8-12/h1-8,22,27H,(H2,20,26)/b24-13+,25-23?. The predicted octanol–water partition coefficient (Wildman–Crippen LogP) is 4.87. The van der Waals surface area contributed by atoms with Crippen LogP contribution < -0.4 is 11.2 Å². The molecule has 0 radical (unpaired) electrons. The highest BCUT2D eigenvalue weighted by Crippen LogP contribution is 2.35. The Bertz CT molecular complexity index is 1050. The van der Waals surface area contributed by atoms with Crippen LogP contribution in [-0.2, 0) is 4.79 Å². The van der Waals surface area contributed by atoms with Gasteiger partial charge in [-0.05, 0) is 48.5 Å². The third kappa shape index (κ3) is 5.03.